The molecular weight excluding hydrogens is 258 g/mol. The minimum absolute atomic E-state index is 0.176. The highest BCUT2D eigenvalue weighted by atomic mass is 16.3. The molecule has 0 amide bonds. The normalized spacial score (nSPS) is 18.5. The van der Waals surface area contributed by atoms with Crippen molar-refractivity contribution in [2.45, 2.75) is 5.92 Å². The van der Waals surface area contributed by atoms with Gasteiger partial charge in [-0.1, -0.05) is 36.4 Å². The molecule has 1 N–H and O–H groups in total. The first-order valence-corrected chi connectivity index (χ1v) is 7.17. The summed E-state index contributed by atoms with van der Waals surface area (Å²) >= 11 is 0. The molecular formula is C19H13NO. The number of fused-ring (bicyclic) bond motifs is 7. The molecule has 2 bridgehead atoms. The fourth-order valence-electron chi connectivity index (χ4n) is 3.32. The molecule has 1 atom stereocenters. The van der Waals surface area contributed by atoms with E-state index in [9.17, 15) is 0 Å². The molecule has 21 heavy (non-hydrogen) atoms. The first-order valence-electron chi connectivity index (χ1n) is 7.17. The Morgan fingerprint density at radius 3 is 2.76 bits per heavy atom. The topological polar surface area (TPSA) is 25.2 Å². The van der Waals surface area contributed by atoms with Gasteiger partial charge in [-0.05, 0) is 35.9 Å². The zero-order valence-corrected chi connectivity index (χ0v) is 11.3. The van der Waals surface area contributed by atoms with E-state index in [1.165, 1.54) is 16.5 Å². The van der Waals surface area contributed by atoms with Crippen molar-refractivity contribution in [1.82, 2.24) is 0 Å². The first-order chi connectivity index (χ1) is 10.4. The predicted octanol–water partition coefficient (Wildman–Crippen LogP) is 4.90. The number of furan rings is 1. The smallest absolute Gasteiger partial charge is 0.134 e. The van der Waals surface area contributed by atoms with Crippen molar-refractivity contribution in [3.8, 4) is 0 Å². The average molecular weight is 271 g/mol. The zero-order chi connectivity index (χ0) is 13.8. The van der Waals surface area contributed by atoms with E-state index in [2.05, 4.69) is 59.9 Å². The summed E-state index contributed by atoms with van der Waals surface area (Å²) in [6.45, 7) is 0. The maximum Gasteiger partial charge on any atom is 0.134 e. The Kier molecular flexibility index (Phi) is 2.03. The van der Waals surface area contributed by atoms with Crippen LogP contribution < -0.4 is 5.32 Å². The van der Waals surface area contributed by atoms with Crippen LogP contribution in [-0.4, -0.2) is 0 Å². The van der Waals surface area contributed by atoms with Crippen LogP contribution in [0.15, 0.2) is 70.8 Å². The van der Waals surface area contributed by atoms with E-state index < -0.39 is 0 Å². The molecule has 1 aliphatic heterocycles. The highest BCUT2D eigenvalue weighted by Crippen LogP contribution is 2.43. The van der Waals surface area contributed by atoms with E-state index in [-0.39, 0.29) is 5.92 Å². The number of allylic oxidation sites excluding steroid dienone is 2. The van der Waals surface area contributed by atoms with Gasteiger partial charge in [0, 0.05) is 22.3 Å². The Morgan fingerprint density at radius 2 is 1.76 bits per heavy atom. The van der Waals surface area contributed by atoms with Crippen molar-refractivity contribution < 1.29 is 4.42 Å². The number of anilines is 1. The van der Waals surface area contributed by atoms with Crippen LogP contribution in [0.4, 0.5) is 5.69 Å². The van der Waals surface area contributed by atoms with Crippen molar-refractivity contribution >= 4 is 22.7 Å². The van der Waals surface area contributed by atoms with E-state index in [1.54, 1.807) is 0 Å². The Labute approximate surface area is 122 Å². The summed E-state index contributed by atoms with van der Waals surface area (Å²) in [7, 11) is 0. The van der Waals surface area contributed by atoms with E-state index in [4.69, 9.17) is 4.42 Å². The van der Waals surface area contributed by atoms with Crippen LogP contribution in [0.5, 0.6) is 0 Å². The lowest BCUT2D eigenvalue weighted by molar-refractivity contribution is 0.544. The highest BCUT2D eigenvalue weighted by Gasteiger charge is 2.28. The second-order valence-corrected chi connectivity index (χ2v) is 5.52. The molecule has 2 heterocycles. The van der Waals surface area contributed by atoms with Crippen LogP contribution in [0.3, 0.4) is 0 Å². The van der Waals surface area contributed by atoms with Gasteiger partial charge >= 0.3 is 0 Å². The second kappa shape index (κ2) is 3.89. The molecule has 2 aromatic carbocycles. The lowest BCUT2D eigenvalue weighted by atomic mass is 9.90. The van der Waals surface area contributed by atoms with Crippen LogP contribution in [0.1, 0.15) is 22.8 Å². The van der Waals surface area contributed by atoms with E-state index in [1.807, 2.05) is 12.1 Å². The maximum atomic E-state index is 6.19. The average Bonchev–Trinajstić information content (AvgIpc) is 2.84. The van der Waals surface area contributed by atoms with Crippen LogP contribution in [0.2, 0.25) is 0 Å². The van der Waals surface area contributed by atoms with Crippen LogP contribution in [0.25, 0.3) is 17.0 Å². The number of hydrogen-bond donors (Lipinski definition) is 1. The molecule has 2 heteroatoms. The van der Waals surface area contributed by atoms with E-state index in [0.717, 1.165) is 22.7 Å². The molecule has 0 saturated carbocycles. The Morgan fingerprint density at radius 1 is 0.905 bits per heavy atom. The first kappa shape index (κ1) is 11.0. The summed E-state index contributed by atoms with van der Waals surface area (Å²) in [6, 6.07) is 16.7. The molecule has 2 nitrogen and oxygen atoms in total. The minimum atomic E-state index is 0.176. The second-order valence-electron chi connectivity index (χ2n) is 5.52. The summed E-state index contributed by atoms with van der Waals surface area (Å²) in [4.78, 5) is 0. The van der Waals surface area contributed by atoms with E-state index >= 15 is 0 Å². The molecule has 1 aliphatic carbocycles. The quantitative estimate of drug-likeness (QED) is 0.629. The van der Waals surface area contributed by atoms with Gasteiger partial charge < -0.3 is 9.73 Å². The summed E-state index contributed by atoms with van der Waals surface area (Å²) in [6.07, 6.45) is 6.54. The fourth-order valence-corrected chi connectivity index (χ4v) is 3.32. The lowest BCUT2D eigenvalue weighted by Gasteiger charge is -2.22. The van der Waals surface area contributed by atoms with Gasteiger partial charge in [0.1, 0.15) is 11.3 Å². The third-order valence-corrected chi connectivity index (χ3v) is 4.30. The summed E-state index contributed by atoms with van der Waals surface area (Å²) in [5.74, 6) is 1.21. The number of nitrogens with one attached hydrogen (secondary N) is 1. The molecule has 0 radical (unpaired) electrons. The highest BCUT2D eigenvalue weighted by molar-refractivity contribution is 5.90. The van der Waals surface area contributed by atoms with Crippen molar-refractivity contribution in [3.63, 3.8) is 0 Å². The Hall–Kier alpha value is -2.74. The van der Waals surface area contributed by atoms with Gasteiger partial charge in [0.05, 0.1) is 5.92 Å². The summed E-state index contributed by atoms with van der Waals surface area (Å²) in [5.41, 5.74) is 5.72. The molecule has 0 fully saturated rings. The van der Waals surface area contributed by atoms with Gasteiger partial charge in [0.15, 0.2) is 0 Å². The van der Waals surface area contributed by atoms with Gasteiger partial charge in [-0.2, -0.15) is 0 Å². The van der Waals surface area contributed by atoms with Crippen molar-refractivity contribution in [1.29, 1.82) is 0 Å². The van der Waals surface area contributed by atoms with Crippen LogP contribution >= 0.6 is 0 Å². The van der Waals surface area contributed by atoms with Crippen molar-refractivity contribution in [3.05, 3.63) is 83.3 Å². The van der Waals surface area contributed by atoms with Gasteiger partial charge in [-0.3, -0.25) is 0 Å². The fraction of sp³-hybridized carbons (Fsp3) is 0.0526. The molecule has 1 aromatic heterocycles. The van der Waals surface area contributed by atoms with Crippen molar-refractivity contribution in [2.75, 3.05) is 5.32 Å². The molecule has 100 valence electrons. The monoisotopic (exact) mass is 271 g/mol. The third-order valence-electron chi connectivity index (χ3n) is 4.30. The molecule has 5 rings (SSSR count). The van der Waals surface area contributed by atoms with Gasteiger partial charge in [0.25, 0.3) is 0 Å². The standard InChI is InChI=1S/C19H13NO/c1-3-7-17-13(5-1)16-11-12(20-17)9-10-15-14-6-2-4-8-18(14)21-19(15)16/h1-11,16,20H. The van der Waals surface area contributed by atoms with Crippen LogP contribution in [0, 0.1) is 0 Å². The number of benzene rings is 2. The SMILES string of the molecule is C1=Cc2c(oc3ccccc23)C2C=C1Nc1ccccc12. The Bertz CT molecular complexity index is 930. The van der Waals surface area contributed by atoms with Gasteiger partial charge in [0.2, 0.25) is 0 Å². The Balaban J connectivity index is 1.85. The molecule has 2 aliphatic rings. The van der Waals surface area contributed by atoms with Gasteiger partial charge in [-0.25, -0.2) is 0 Å². The molecule has 0 saturated heterocycles. The van der Waals surface area contributed by atoms with Gasteiger partial charge in [-0.15, -0.1) is 0 Å². The van der Waals surface area contributed by atoms with E-state index in [0.29, 0.717) is 0 Å². The summed E-state index contributed by atoms with van der Waals surface area (Å²) < 4.78 is 6.19. The molecule has 0 spiro atoms. The largest absolute Gasteiger partial charge is 0.459 e. The minimum Gasteiger partial charge on any atom is -0.459 e. The number of rotatable bonds is 0. The predicted molar refractivity (Wildman–Crippen MR) is 85.2 cm³/mol. The number of hydrogen-bond acceptors (Lipinski definition) is 2. The number of para-hydroxylation sites is 2. The van der Waals surface area contributed by atoms with Crippen LogP contribution in [-0.2, 0) is 0 Å². The molecule has 1 unspecified atom stereocenters. The molecule has 3 aromatic rings. The third kappa shape index (κ3) is 1.47. The van der Waals surface area contributed by atoms with Crippen molar-refractivity contribution in [2.24, 2.45) is 0 Å². The lowest BCUT2D eigenvalue weighted by Crippen LogP contribution is -2.10. The summed E-state index contributed by atoms with van der Waals surface area (Å²) in [5, 5.41) is 4.66. The maximum absolute atomic E-state index is 6.19. The zero-order valence-electron chi connectivity index (χ0n) is 11.3.